The van der Waals surface area contributed by atoms with E-state index in [1.807, 2.05) is 52.0 Å². The molecule has 1 aliphatic heterocycles. The van der Waals surface area contributed by atoms with Gasteiger partial charge in [0.2, 0.25) is 10.0 Å². The van der Waals surface area contributed by atoms with E-state index >= 15 is 0 Å². The van der Waals surface area contributed by atoms with E-state index in [0.717, 1.165) is 15.5 Å². The number of benzene rings is 1. The van der Waals surface area contributed by atoms with Gasteiger partial charge in [0.15, 0.2) is 0 Å². The van der Waals surface area contributed by atoms with E-state index in [1.165, 1.54) is 11.3 Å². The minimum absolute atomic E-state index is 0.188. The van der Waals surface area contributed by atoms with Crippen molar-refractivity contribution in [1.82, 2.24) is 9.71 Å². The van der Waals surface area contributed by atoms with Gasteiger partial charge in [0.05, 0.1) is 33.2 Å². The number of anilines is 1. The summed E-state index contributed by atoms with van der Waals surface area (Å²) < 4.78 is 48.2. The van der Waals surface area contributed by atoms with Crippen LogP contribution >= 0.6 is 22.9 Å². The number of nitrogens with one attached hydrogen (secondary N) is 2. The van der Waals surface area contributed by atoms with Crippen molar-refractivity contribution in [3.63, 3.8) is 0 Å². The van der Waals surface area contributed by atoms with Crippen molar-refractivity contribution in [3.8, 4) is 0 Å². The molecule has 2 aromatic heterocycles. The van der Waals surface area contributed by atoms with Gasteiger partial charge in [0.1, 0.15) is 11.4 Å². The fourth-order valence-corrected chi connectivity index (χ4v) is 7.47. The first-order chi connectivity index (χ1) is 19.0. The van der Waals surface area contributed by atoms with Crippen molar-refractivity contribution < 1.29 is 27.3 Å². The lowest BCUT2D eigenvalue weighted by molar-refractivity contribution is 0.00578. The van der Waals surface area contributed by atoms with Crippen LogP contribution in [0, 0.1) is 0 Å². The molecule has 2 fully saturated rings. The standard InChI is InChI=1S/C28H35BClN3O6S2/c1-26(2,3)37-25(34)32-21-14-13-19(30)22(31-21)23(33-41(35,36)17-11-12-17)20-15-16-9-8-10-18(24(16)40-20)29-38-27(4,5)28(6,7)39-29/h8-10,13-15,17,23,33H,11-12H2,1-7H3,(H,31,32,34). The maximum Gasteiger partial charge on any atom is 0.496 e. The van der Waals surface area contributed by atoms with Crippen LogP contribution in [0.25, 0.3) is 10.1 Å². The van der Waals surface area contributed by atoms with E-state index in [2.05, 4.69) is 15.0 Å². The highest BCUT2D eigenvalue weighted by Crippen LogP contribution is 2.40. The summed E-state index contributed by atoms with van der Waals surface area (Å²) in [6, 6.07) is 10.0. The maximum atomic E-state index is 13.2. The van der Waals surface area contributed by atoms with Gasteiger partial charge >= 0.3 is 13.2 Å². The van der Waals surface area contributed by atoms with E-state index in [4.69, 9.17) is 25.6 Å². The summed E-state index contributed by atoms with van der Waals surface area (Å²) in [6.45, 7) is 13.3. The van der Waals surface area contributed by atoms with Gasteiger partial charge in [-0.1, -0.05) is 29.8 Å². The Balaban J connectivity index is 1.56. The topological polar surface area (TPSA) is 116 Å². The quantitative estimate of drug-likeness (QED) is 0.323. The fraction of sp³-hybridized carbons (Fsp3) is 0.500. The molecule has 13 heteroatoms. The van der Waals surface area contributed by atoms with Crippen LogP contribution in [0.5, 0.6) is 0 Å². The van der Waals surface area contributed by atoms with E-state index in [0.29, 0.717) is 17.7 Å². The number of halogens is 1. The van der Waals surface area contributed by atoms with Crippen LogP contribution in [0.1, 0.15) is 77.9 Å². The van der Waals surface area contributed by atoms with E-state index in [-0.39, 0.29) is 16.5 Å². The van der Waals surface area contributed by atoms with Crippen LogP contribution < -0.4 is 15.5 Å². The van der Waals surface area contributed by atoms with Crippen LogP contribution in [0.2, 0.25) is 5.02 Å². The van der Waals surface area contributed by atoms with Gasteiger partial charge in [-0.25, -0.2) is 22.9 Å². The molecular formula is C28H35BClN3O6S2. The highest BCUT2D eigenvalue weighted by molar-refractivity contribution is 7.90. The molecule has 9 nitrogen and oxygen atoms in total. The van der Waals surface area contributed by atoms with Gasteiger partial charge in [-0.15, -0.1) is 11.3 Å². The van der Waals surface area contributed by atoms with Crippen LogP contribution in [0.3, 0.4) is 0 Å². The van der Waals surface area contributed by atoms with E-state index in [9.17, 15) is 13.2 Å². The number of fused-ring (bicyclic) bond motifs is 1. The second-order valence-electron chi connectivity index (χ2n) is 12.5. The van der Waals surface area contributed by atoms with Crippen LogP contribution in [-0.2, 0) is 24.1 Å². The Labute approximate surface area is 250 Å². The maximum absolute atomic E-state index is 13.2. The summed E-state index contributed by atoms with van der Waals surface area (Å²) in [6.07, 6.45) is 0.520. The fourth-order valence-electron chi connectivity index (χ4n) is 4.43. The monoisotopic (exact) mass is 619 g/mol. The number of hydrogen-bond acceptors (Lipinski definition) is 8. The molecule has 1 atom stereocenters. The number of ether oxygens (including phenoxy) is 1. The Morgan fingerprint density at radius 1 is 1.15 bits per heavy atom. The number of thiophene rings is 1. The van der Waals surface area contributed by atoms with Gasteiger partial charge in [-0.3, -0.25) is 5.32 Å². The first kappa shape index (κ1) is 30.2. The summed E-state index contributed by atoms with van der Waals surface area (Å²) in [5.41, 5.74) is -0.593. The van der Waals surface area contributed by atoms with Crippen LogP contribution in [-0.4, -0.2) is 48.7 Å². The second-order valence-corrected chi connectivity index (χ2v) is 16.0. The van der Waals surface area contributed by atoms with Crippen molar-refractivity contribution in [2.45, 2.75) is 89.4 Å². The minimum atomic E-state index is -3.66. The first-order valence-corrected chi connectivity index (χ1v) is 16.3. The summed E-state index contributed by atoms with van der Waals surface area (Å²) in [5, 5.41) is 3.33. The largest absolute Gasteiger partial charge is 0.496 e. The predicted octanol–water partition coefficient (Wildman–Crippen LogP) is 5.77. The number of amides is 1. The molecule has 0 radical (unpaired) electrons. The molecule has 0 bridgehead atoms. The Morgan fingerprint density at radius 2 is 1.80 bits per heavy atom. The zero-order valence-corrected chi connectivity index (χ0v) is 26.6. The number of rotatable bonds is 7. The van der Waals surface area contributed by atoms with Crippen molar-refractivity contribution >= 4 is 67.5 Å². The average molecular weight is 620 g/mol. The third-order valence-corrected chi connectivity index (χ3v) is 10.9. The number of sulfonamides is 1. The molecule has 1 aliphatic carbocycles. The molecule has 1 aromatic carbocycles. The number of nitrogens with zero attached hydrogens (tertiary/aromatic N) is 1. The zero-order valence-electron chi connectivity index (χ0n) is 24.2. The molecular weight excluding hydrogens is 585 g/mol. The van der Waals surface area contributed by atoms with Gasteiger partial charge in [-0.2, -0.15) is 0 Å². The molecule has 2 aliphatic rings. The summed E-state index contributed by atoms with van der Waals surface area (Å²) in [4.78, 5) is 17.7. The number of hydrogen-bond donors (Lipinski definition) is 2. The third kappa shape index (κ3) is 6.42. The highest BCUT2D eigenvalue weighted by Gasteiger charge is 2.52. The summed E-state index contributed by atoms with van der Waals surface area (Å²) >= 11 is 8.05. The molecule has 41 heavy (non-hydrogen) atoms. The lowest BCUT2D eigenvalue weighted by atomic mass is 9.78. The van der Waals surface area contributed by atoms with Gasteiger partial charge in [0, 0.05) is 15.0 Å². The first-order valence-electron chi connectivity index (χ1n) is 13.5. The van der Waals surface area contributed by atoms with Gasteiger partial charge in [0.25, 0.3) is 0 Å². The second kappa shape index (κ2) is 10.5. The number of pyridine rings is 1. The molecule has 220 valence electrons. The Kier molecular flexibility index (Phi) is 7.75. The molecule has 1 unspecified atom stereocenters. The molecule has 2 N–H and O–H groups in total. The Morgan fingerprint density at radius 3 is 2.41 bits per heavy atom. The lowest BCUT2D eigenvalue weighted by Gasteiger charge is -2.32. The van der Waals surface area contributed by atoms with Crippen LogP contribution in [0.15, 0.2) is 36.4 Å². The molecule has 1 amide bonds. The molecule has 0 spiro atoms. The summed E-state index contributed by atoms with van der Waals surface area (Å²) in [5.74, 6) is 0.188. The zero-order chi connectivity index (χ0) is 30.0. The SMILES string of the molecule is CC(C)(C)OC(=O)Nc1ccc(Cl)c(C(NS(=O)(=O)C2CC2)c2cc3cccc(B4OC(C)(C)C(C)(C)O4)c3s2)n1. The average Bonchev–Trinajstić information content (AvgIpc) is 3.57. The van der Waals surface area contributed by atoms with Gasteiger partial charge < -0.3 is 14.0 Å². The molecule has 3 heterocycles. The van der Waals surface area contributed by atoms with Crippen molar-refractivity contribution in [3.05, 3.63) is 52.0 Å². The third-order valence-electron chi connectivity index (χ3n) is 7.41. The lowest BCUT2D eigenvalue weighted by Crippen LogP contribution is -2.41. The number of carbonyl (C=O) groups is 1. The molecule has 1 saturated carbocycles. The summed E-state index contributed by atoms with van der Waals surface area (Å²) in [7, 11) is -4.24. The van der Waals surface area contributed by atoms with Crippen LogP contribution in [0.4, 0.5) is 10.6 Å². The minimum Gasteiger partial charge on any atom is -0.444 e. The van der Waals surface area contributed by atoms with E-state index in [1.54, 1.807) is 32.9 Å². The Hall–Kier alpha value is -2.22. The molecule has 3 aromatic rings. The number of aromatic nitrogens is 1. The van der Waals surface area contributed by atoms with Crippen molar-refractivity contribution in [2.24, 2.45) is 0 Å². The highest BCUT2D eigenvalue weighted by atomic mass is 35.5. The van der Waals surface area contributed by atoms with Gasteiger partial charge in [-0.05, 0) is 84.9 Å². The molecule has 1 saturated heterocycles. The normalized spacial score (nSPS) is 19.4. The number of carbonyl (C=O) groups excluding carboxylic acids is 1. The van der Waals surface area contributed by atoms with Crippen molar-refractivity contribution in [1.29, 1.82) is 0 Å². The Bertz CT molecular complexity index is 1580. The smallest absolute Gasteiger partial charge is 0.444 e. The predicted molar refractivity (Wildman–Crippen MR) is 164 cm³/mol. The van der Waals surface area contributed by atoms with E-state index < -0.39 is 51.3 Å². The van der Waals surface area contributed by atoms with Crippen molar-refractivity contribution in [2.75, 3.05) is 5.32 Å². The molecule has 5 rings (SSSR count).